The first-order valence-corrected chi connectivity index (χ1v) is 10.7. The molecule has 0 bridgehead atoms. The molecule has 2 aromatic heterocycles. The quantitative estimate of drug-likeness (QED) is 0.696. The van der Waals surface area contributed by atoms with Crippen LogP contribution in [0.25, 0.3) is 11.2 Å². The Kier molecular flexibility index (Phi) is 4.63. The molecule has 0 amide bonds. The van der Waals surface area contributed by atoms with Crippen LogP contribution < -0.4 is 10.6 Å². The molecule has 2 N–H and O–H groups in total. The third-order valence-corrected chi connectivity index (χ3v) is 5.87. The summed E-state index contributed by atoms with van der Waals surface area (Å²) in [4.78, 5) is 9.06. The summed E-state index contributed by atoms with van der Waals surface area (Å²) in [6, 6.07) is 4.57. The van der Waals surface area contributed by atoms with Crippen molar-refractivity contribution in [3.8, 4) is 0 Å². The topological polar surface area (TPSA) is 88.4 Å². The molecule has 140 valence electrons. The van der Waals surface area contributed by atoms with Crippen LogP contribution in [-0.4, -0.2) is 42.1 Å². The van der Waals surface area contributed by atoms with Crippen LogP contribution in [0.15, 0.2) is 47.8 Å². The maximum Gasteiger partial charge on any atom is 0.180 e. The van der Waals surface area contributed by atoms with Gasteiger partial charge in [0.1, 0.15) is 0 Å². The van der Waals surface area contributed by atoms with E-state index in [1.807, 2.05) is 16.8 Å². The van der Waals surface area contributed by atoms with Crippen molar-refractivity contribution in [3.05, 3.63) is 53.6 Å². The lowest BCUT2D eigenvalue weighted by molar-refractivity contribution is 0.602. The van der Waals surface area contributed by atoms with Gasteiger partial charge in [-0.25, -0.2) is 18.4 Å². The molecule has 0 saturated carbocycles. The molecule has 7 nitrogen and oxygen atoms in total. The molecule has 1 aromatic carbocycles. The Balaban J connectivity index is 1.71. The Morgan fingerprint density at radius 1 is 1.30 bits per heavy atom. The van der Waals surface area contributed by atoms with Crippen molar-refractivity contribution in [2.45, 2.75) is 11.3 Å². The number of nitrogens with one attached hydrogen (secondary N) is 2. The molecule has 4 rings (SSSR count). The van der Waals surface area contributed by atoms with Gasteiger partial charge in [-0.3, -0.25) is 4.40 Å². The summed E-state index contributed by atoms with van der Waals surface area (Å²) < 4.78 is 25.3. The zero-order valence-electron chi connectivity index (χ0n) is 14.6. The number of anilines is 2. The van der Waals surface area contributed by atoms with Gasteiger partial charge in [-0.05, 0) is 36.7 Å². The molecule has 3 aromatic rings. The largest absolute Gasteiger partial charge is 0.336 e. The molecule has 27 heavy (non-hydrogen) atoms. The Bertz CT molecular complexity index is 1150. The molecule has 0 spiro atoms. The number of imidazole rings is 1. The number of hydrogen-bond acceptors (Lipinski definition) is 6. The maximum absolute atomic E-state index is 11.7. The van der Waals surface area contributed by atoms with Crippen LogP contribution >= 0.6 is 11.6 Å². The normalized spacial score (nSPS) is 15.0. The van der Waals surface area contributed by atoms with Crippen molar-refractivity contribution in [2.75, 3.05) is 24.7 Å². The second-order valence-corrected chi connectivity index (χ2v) is 8.76. The van der Waals surface area contributed by atoms with Crippen molar-refractivity contribution in [1.29, 1.82) is 0 Å². The molecule has 0 saturated heterocycles. The van der Waals surface area contributed by atoms with E-state index in [1.165, 1.54) is 17.7 Å². The van der Waals surface area contributed by atoms with Crippen molar-refractivity contribution in [3.63, 3.8) is 0 Å². The highest BCUT2D eigenvalue weighted by Crippen LogP contribution is 2.30. The van der Waals surface area contributed by atoms with Crippen molar-refractivity contribution in [2.24, 2.45) is 0 Å². The number of nitrogens with zero attached hydrogens (tertiary/aromatic N) is 3. The van der Waals surface area contributed by atoms with E-state index in [0.29, 0.717) is 22.2 Å². The lowest BCUT2D eigenvalue weighted by atomic mass is 10.1. The summed E-state index contributed by atoms with van der Waals surface area (Å²) in [7, 11) is -3.31. The molecular weight excluding hydrogens is 386 g/mol. The molecule has 0 aliphatic carbocycles. The van der Waals surface area contributed by atoms with Crippen LogP contribution in [0.4, 0.5) is 11.5 Å². The van der Waals surface area contributed by atoms with Gasteiger partial charge < -0.3 is 10.6 Å². The minimum Gasteiger partial charge on any atom is -0.336 e. The summed E-state index contributed by atoms with van der Waals surface area (Å²) in [5.41, 5.74) is 3.52. The van der Waals surface area contributed by atoms with Gasteiger partial charge >= 0.3 is 0 Å². The minimum absolute atomic E-state index is 0.171. The average Bonchev–Trinajstić information content (AvgIpc) is 3.08. The number of rotatable bonds is 4. The number of sulfone groups is 1. The van der Waals surface area contributed by atoms with Crippen molar-refractivity contribution < 1.29 is 8.42 Å². The van der Waals surface area contributed by atoms with E-state index < -0.39 is 9.84 Å². The van der Waals surface area contributed by atoms with Gasteiger partial charge in [0.25, 0.3) is 0 Å². The standard InChI is InChI=1S/C18H18ClN5O2S/c1-27(25,26)13-2-3-15(14(19)10-13)23-17-18-22-11-16(24(18)9-8-21-17)12-4-6-20-7-5-12/h2-4,8-11,20H,5-7H2,1H3,(H,21,23). The predicted octanol–water partition coefficient (Wildman–Crippen LogP) is 2.91. The highest BCUT2D eigenvalue weighted by Gasteiger charge is 2.15. The molecule has 1 aliphatic heterocycles. The monoisotopic (exact) mass is 403 g/mol. The van der Waals surface area contributed by atoms with Gasteiger partial charge in [0, 0.05) is 25.2 Å². The Morgan fingerprint density at radius 2 is 2.15 bits per heavy atom. The molecular formula is C18H18ClN5O2S. The van der Waals surface area contributed by atoms with E-state index in [1.54, 1.807) is 12.3 Å². The third-order valence-electron chi connectivity index (χ3n) is 4.44. The first kappa shape index (κ1) is 18.0. The van der Waals surface area contributed by atoms with E-state index in [9.17, 15) is 8.42 Å². The molecule has 3 heterocycles. The lowest BCUT2D eigenvalue weighted by Crippen LogP contribution is -2.20. The molecule has 0 atom stereocenters. The van der Waals surface area contributed by atoms with Gasteiger partial charge in [0.05, 0.1) is 27.5 Å². The summed E-state index contributed by atoms with van der Waals surface area (Å²) >= 11 is 6.27. The van der Waals surface area contributed by atoms with Gasteiger partial charge in [0.2, 0.25) is 0 Å². The van der Waals surface area contributed by atoms with Crippen molar-refractivity contribution in [1.82, 2.24) is 19.7 Å². The molecule has 1 aliphatic rings. The Morgan fingerprint density at radius 3 is 2.85 bits per heavy atom. The Labute approximate surface area is 162 Å². The number of fused-ring (bicyclic) bond motifs is 1. The van der Waals surface area contributed by atoms with Gasteiger partial charge in [-0.2, -0.15) is 0 Å². The lowest BCUT2D eigenvalue weighted by Gasteiger charge is -2.14. The van der Waals surface area contributed by atoms with Gasteiger partial charge in [-0.15, -0.1) is 0 Å². The fraction of sp³-hybridized carbons (Fsp3) is 0.222. The maximum atomic E-state index is 11.7. The van der Waals surface area contributed by atoms with Crippen LogP contribution in [0.3, 0.4) is 0 Å². The first-order chi connectivity index (χ1) is 12.9. The number of aromatic nitrogens is 3. The van der Waals surface area contributed by atoms with Crippen LogP contribution in [0.2, 0.25) is 5.02 Å². The fourth-order valence-electron chi connectivity index (χ4n) is 3.06. The highest BCUT2D eigenvalue weighted by molar-refractivity contribution is 7.90. The molecule has 9 heteroatoms. The number of hydrogen-bond donors (Lipinski definition) is 2. The van der Waals surface area contributed by atoms with Gasteiger partial charge in [0.15, 0.2) is 21.3 Å². The fourth-order valence-corrected chi connectivity index (χ4v) is 4.00. The van der Waals surface area contributed by atoms with Crippen LogP contribution in [0, 0.1) is 0 Å². The summed E-state index contributed by atoms with van der Waals surface area (Å²) in [6.45, 7) is 1.79. The van der Waals surface area contributed by atoms with Gasteiger partial charge in [-0.1, -0.05) is 17.7 Å². The number of benzene rings is 1. The van der Waals surface area contributed by atoms with Crippen molar-refractivity contribution >= 4 is 44.2 Å². The van der Waals surface area contributed by atoms with E-state index in [2.05, 4.69) is 26.7 Å². The SMILES string of the molecule is CS(=O)(=O)c1ccc(Nc2nccn3c(C4=CCNCC4)cnc23)c(Cl)c1. The summed E-state index contributed by atoms with van der Waals surface area (Å²) in [6.07, 6.45) is 9.67. The number of halogens is 1. The minimum atomic E-state index is -3.31. The Hall–Kier alpha value is -2.42. The third kappa shape index (κ3) is 3.55. The average molecular weight is 404 g/mol. The smallest absolute Gasteiger partial charge is 0.180 e. The summed E-state index contributed by atoms with van der Waals surface area (Å²) in [5.74, 6) is 0.548. The zero-order valence-corrected chi connectivity index (χ0v) is 16.2. The second-order valence-electron chi connectivity index (χ2n) is 6.34. The predicted molar refractivity (Wildman–Crippen MR) is 106 cm³/mol. The van der Waals surface area contributed by atoms with Crippen LogP contribution in [0.1, 0.15) is 12.1 Å². The highest BCUT2D eigenvalue weighted by atomic mass is 35.5. The van der Waals surface area contributed by atoms with E-state index in [0.717, 1.165) is 31.5 Å². The van der Waals surface area contributed by atoms with Crippen LogP contribution in [-0.2, 0) is 9.84 Å². The second kappa shape index (κ2) is 6.95. The van der Waals surface area contributed by atoms with Crippen LogP contribution in [0.5, 0.6) is 0 Å². The molecule has 0 fully saturated rings. The zero-order chi connectivity index (χ0) is 19.0. The summed E-state index contributed by atoms with van der Waals surface area (Å²) in [5, 5.41) is 6.76. The molecule has 0 radical (unpaired) electrons. The van der Waals surface area contributed by atoms with E-state index >= 15 is 0 Å². The van der Waals surface area contributed by atoms with E-state index in [4.69, 9.17) is 11.6 Å². The first-order valence-electron chi connectivity index (χ1n) is 8.42. The van der Waals surface area contributed by atoms with E-state index in [-0.39, 0.29) is 4.90 Å². The molecule has 0 unspecified atom stereocenters.